The molecular formula is C25H23NO3. The molecule has 0 amide bonds. The van der Waals surface area contributed by atoms with Crippen molar-refractivity contribution < 1.29 is 14.3 Å². The average molecular weight is 385 g/mol. The lowest BCUT2D eigenvalue weighted by molar-refractivity contribution is 0.0923. The number of aryl methyl sites for hydroxylation is 1. The van der Waals surface area contributed by atoms with Gasteiger partial charge in [-0.3, -0.25) is 4.79 Å². The molecule has 1 heterocycles. The first kappa shape index (κ1) is 18.8. The van der Waals surface area contributed by atoms with E-state index in [0.717, 1.165) is 22.2 Å². The van der Waals surface area contributed by atoms with Crippen LogP contribution in [0.25, 0.3) is 10.9 Å². The molecule has 0 radical (unpaired) electrons. The molecule has 0 aliphatic heterocycles. The highest BCUT2D eigenvalue weighted by Gasteiger charge is 2.15. The zero-order chi connectivity index (χ0) is 20.1. The summed E-state index contributed by atoms with van der Waals surface area (Å²) in [7, 11) is 0. The van der Waals surface area contributed by atoms with Gasteiger partial charge in [0.1, 0.15) is 18.1 Å². The van der Waals surface area contributed by atoms with E-state index < -0.39 is 0 Å². The number of ketones is 1. The van der Waals surface area contributed by atoms with Crippen LogP contribution in [-0.4, -0.2) is 23.6 Å². The first-order valence-corrected chi connectivity index (χ1v) is 9.70. The lowest BCUT2D eigenvalue weighted by Crippen LogP contribution is -2.11. The normalized spacial score (nSPS) is 10.8. The van der Waals surface area contributed by atoms with Crippen LogP contribution in [0.1, 0.15) is 15.9 Å². The third-order valence-electron chi connectivity index (χ3n) is 4.89. The van der Waals surface area contributed by atoms with Crippen LogP contribution in [0.3, 0.4) is 0 Å². The SMILES string of the molecule is Cc1ccccc1OCCn1cc(C(=O)COc2ccccc2)c2ccccc21. The average Bonchev–Trinajstić information content (AvgIpc) is 3.13. The van der Waals surface area contributed by atoms with Gasteiger partial charge in [0.15, 0.2) is 6.61 Å². The maximum Gasteiger partial charge on any atom is 0.202 e. The highest BCUT2D eigenvalue weighted by Crippen LogP contribution is 2.23. The molecule has 1 aromatic heterocycles. The smallest absolute Gasteiger partial charge is 0.202 e. The van der Waals surface area contributed by atoms with Gasteiger partial charge >= 0.3 is 0 Å². The second-order valence-corrected chi connectivity index (χ2v) is 6.89. The Labute approximate surface area is 170 Å². The first-order chi connectivity index (χ1) is 14.2. The fourth-order valence-electron chi connectivity index (χ4n) is 3.37. The van der Waals surface area contributed by atoms with Crippen LogP contribution in [0.2, 0.25) is 0 Å². The van der Waals surface area contributed by atoms with Crippen molar-refractivity contribution in [3.8, 4) is 11.5 Å². The van der Waals surface area contributed by atoms with Crippen molar-refractivity contribution in [2.75, 3.05) is 13.2 Å². The van der Waals surface area contributed by atoms with Gasteiger partial charge in [-0.1, -0.05) is 54.6 Å². The summed E-state index contributed by atoms with van der Waals surface area (Å²) in [6.07, 6.45) is 1.91. The molecule has 0 bridgehead atoms. The number of hydrogen-bond acceptors (Lipinski definition) is 3. The Balaban J connectivity index is 1.49. The maximum atomic E-state index is 12.8. The van der Waals surface area contributed by atoms with E-state index in [4.69, 9.17) is 9.47 Å². The van der Waals surface area contributed by atoms with Crippen LogP contribution in [0.15, 0.2) is 85.1 Å². The molecule has 0 N–H and O–H groups in total. The Morgan fingerprint density at radius 2 is 1.59 bits per heavy atom. The van der Waals surface area contributed by atoms with E-state index in [9.17, 15) is 4.79 Å². The number of nitrogens with zero attached hydrogens (tertiary/aromatic N) is 1. The van der Waals surface area contributed by atoms with Crippen molar-refractivity contribution in [1.82, 2.24) is 4.57 Å². The van der Waals surface area contributed by atoms with Crippen LogP contribution < -0.4 is 9.47 Å². The van der Waals surface area contributed by atoms with E-state index in [1.165, 1.54) is 0 Å². The summed E-state index contributed by atoms with van der Waals surface area (Å²) in [5, 5.41) is 0.935. The fraction of sp³-hybridized carbons (Fsp3) is 0.160. The zero-order valence-corrected chi connectivity index (χ0v) is 16.4. The van der Waals surface area contributed by atoms with Crippen LogP contribution in [0.5, 0.6) is 11.5 Å². The molecule has 3 aromatic carbocycles. The lowest BCUT2D eigenvalue weighted by Gasteiger charge is -2.10. The molecule has 0 fully saturated rings. The molecule has 0 aliphatic carbocycles. The highest BCUT2D eigenvalue weighted by atomic mass is 16.5. The standard InChI is InChI=1S/C25H23NO3/c1-19-9-5-8-14-25(19)28-16-15-26-17-22(21-12-6-7-13-23(21)26)24(27)18-29-20-10-3-2-4-11-20/h2-14,17H,15-16,18H2,1H3. The van der Waals surface area contributed by atoms with Gasteiger partial charge in [0, 0.05) is 22.7 Å². The summed E-state index contributed by atoms with van der Waals surface area (Å²) in [4.78, 5) is 12.8. The van der Waals surface area contributed by atoms with Gasteiger partial charge in [0.25, 0.3) is 0 Å². The molecule has 0 aliphatic rings. The minimum atomic E-state index is -0.0383. The molecule has 146 valence electrons. The van der Waals surface area contributed by atoms with Gasteiger partial charge in [0.05, 0.1) is 6.54 Å². The summed E-state index contributed by atoms with van der Waals surface area (Å²) < 4.78 is 13.7. The van der Waals surface area contributed by atoms with Crippen LogP contribution in [0.4, 0.5) is 0 Å². The van der Waals surface area contributed by atoms with E-state index in [1.807, 2.05) is 92.0 Å². The van der Waals surface area contributed by atoms with Gasteiger partial charge in [-0.05, 0) is 36.8 Å². The number of rotatable bonds is 8. The molecular weight excluding hydrogens is 362 g/mol. The monoisotopic (exact) mass is 385 g/mol. The highest BCUT2D eigenvalue weighted by molar-refractivity contribution is 6.08. The zero-order valence-electron chi connectivity index (χ0n) is 16.4. The first-order valence-electron chi connectivity index (χ1n) is 9.70. The Morgan fingerprint density at radius 1 is 0.862 bits per heavy atom. The summed E-state index contributed by atoms with van der Waals surface area (Å²) in [6, 6.07) is 25.3. The van der Waals surface area contributed by atoms with Gasteiger partial charge in [-0.25, -0.2) is 0 Å². The molecule has 4 heteroatoms. The summed E-state index contributed by atoms with van der Waals surface area (Å²) >= 11 is 0. The molecule has 4 rings (SSSR count). The van der Waals surface area contributed by atoms with Crippen molar-refractivity contribution in [3.05, 3.63) is 96.2 Å². The van der Waals surface area contributed by atoms with Gasteiger partial charge in [-0.15, -0.1) is 0 Å². The number of ether oxygens (including phenoxy) is 2. The van der Waals surface area contributed by atoms with Crippen molar-refractivity contribution in [2.45, 2.75) is 13.5 Å². The van der Waals surface area contributed by atoms with Crippen molar-refractivity contribution in [2.24, 2.45) is 0 Å². The summed E-state index contributed by atoms with van der Waals surface area (Å²) in [5.74, 6) is 1.54. The van der Waals surface area contributed by atoms with E-state index in [-0.39, 0.29) is 12.4 Å². The molecule has 0 atom stereocenters. The Hall–Kier alpha value is -3.53. The van der Waals surface area contributed by atoms with Crippen LogP contribution >= 0.6 is 0 Å². The lowest BCUT2D eigenvalue weighted by atomic mass is 10.1. The fourth-order valence-corrected chi connectivity index (χ4v) is 3.37. The van der Waals surface area contributed by atoms with Crippen LogP contribution in [-0.2, 0) is 6.54 Å². The quantitative estimate of drug-likeness (QED) is 0.387. The molecule has 29 heavy (non-hydrogen) atoms. The summed E-state index contributed by atoms with van der Waals surface area (Å²) in [6.45, 7) is 3.22. The second-order valence-electron chi connectivity index (χ2n) is 6.89. The minimum absolute atomic E-state index is 0.0116. The van der Waals surface area contributed by atoms with E-state index in [2.05, 4.69) is 4.57 Å². The van der Waals surface area contributed by atoms with Gasteiger partial charge < -0.3 is 14.0 Å². The Bertz CT molecular complexity index is 1120. The van der Waals surface area contributed by atoms with E-state index in [0.29, 0.717) is 24.5 Å². The number of Topliss-reactive ketones (excluding diaryl/α,β-unsaturated/α-hetero) is 1. The number of fused-ring (bicyclic) bond motifs is 1. The maximum absolute atomic E-state index is 12.8. The number of carbonyl (C=O) groups excluding carboxylic acids is 1. The third kappa shape index (κ3) is 4.32. The topological polar surface area (TPSA) is 40.5 Å². The largest absolute Gasteiger partial charge is 0.491 e. The van der Waals surface area contributed by atoms with E-state index >= 15 is 0 Å². The summed E-state index contributed by atoms with van der Waals surface area (Å²) in [5.41, 5.74) is 2.80. The molecule has 4 nitrogen and oxygen atoms in total. The molecule has 0 spiro atoms. The Kier molecular flexibility index (Phi) is 5.61. The van der Waals surface area contributed by atoms with Crippen molar-refractivity contribution >= 4 is 16.7 Å². The predicted molar refractivity (Wildman–Crippen MR) is 115 cm³/mol. The van der Waals surface area contributed by atoms with Gasteiger partial charge in [0.2, 0.25) is 5.78 Å². The number of hydrogen-bond donors (Lipinski definition) is 0. The van der Waals surface area contributed by atoms with Crippen molar-refractivity contribution in [3.63, 3.8) is 0 Å². The molecule has 4 aromatic rings. The number of benzene rings is 3. The molecule has 0 unspecified atom stereocenters. The number of para-hydroxylation sites is 3. The number of carbonyl (C=O) groups is 1. The third-order valence-corrected chi connectivity index (χ3v) is 4.89. The Morgan fingerprint density at radius 3 is 2.41 bits per heavy atom. The second kappa shape index (κ2) is 8.65. The molecule has 0 saturated heterocycles. The molecule has 0 saturated carbocycles. The van der Waals surface area contributed by atoms with Gasteiger partial charge in [-0.2, -0.15) is 0 Å². The van der Waals surface area contributed by atoms with Crippen molar-refractivity contribution in [1.29, 1.82) is 0 Å². The van der Waals surface area contributed by atoms with Crippen LogP contribution in [0, 0.1) is 6.92 Å². The predicted octanol–water partition coefficient (Wildman–Crippen LogP) is 5.29. The van der Waals surface area contributed by atoms with E-state index in [1.54, 1.807) is 0 Å². The number of aromatic nitrogens is 1. The minimum Gasteiger partial charge on any atom is -0.491 e.